The second kappa shape index (κ2) is 9.10. The van der Waals surface area contributed by atoms with E-state index in [1.807, 2.05) is 32.0 Å². The van der Waals surface area contributed by atoms with Gasteiger partial charge in [-0.1, -0.05) is 50.2 Å². The van der Waals surface area contributed by atoms with Gasteiger partial charge in [-0.15, -0.1) is 0 Å². The number of halogens is 2. The molecular weight excluding hydrogens is 342 g/mol. The molecule has 2 unspecified atom stereocenters. The number of nitrogens with zero attached hydrogens (tertiary/aromatic N) is 2. The highest BCUT2D eigenvalue weighted by atomic mass is 19.2. The lowest BCUT2D eigenvalue weighted by Gasteiger charge is -2.34. The molecule has 4 heteroatoms. The van der Waals surface area contributed by atoms with E-state index in [9.17, 15) is 14.0 Å². The predicted molar refractivity (Wildman–Crippen MR) is 105 cm³/mol. The summed E-state index contributed by atoms with van der Waals surface area (Å²) in [5.74, 6) is -1.80. The summed E-state index contributed by atoms with van der Waals surface area (Å²) in [5, 5.41) is 9.97. The zero-order valence-corrected chi connectivity index (χ0v) is 16.5. The summed E-state index contributed by atoms with van der Waals surface area (Å²) < 4.78 is 27.1. The number of benzene rings is 2. The predicted octanol–water partition coefficient (Wildman–Crippen LogP) is 5.68. The van der Waals surface area contributed by atoms with E-state index in [2.05, 4.69) is 37.1 Å². The molecule has 0 N–H and O–H groups in total. The van der Waals surface area contributed by atoms with E-state index in [0.29, 0.717) is 12.0 Å². The van der Waals surface area contributed by atoms with Crippen molar-refractivity contribution in [1.29, 1.82) is 5.26 Å². The van der Waals surface area contributed by atoms with E-state index in [1.54, 1.807) is 6.07 Å². The minimum atomic E-state index is -0.901. The average Bonchev–Trinajstić information content (AvgIpc) is 2.65. The van der Waals surface area contributed by atoms with Crippen molar-refractivity contribution in [3.8, 4) is 6.07 Å². The highest BCUT2D eigenvalue weighted by molar-refractivity contribution is 5.34. The van der Waals surface area contributed by atoms with Gasteiger partial charge in [0, 0.05) is 12.6 Å². The molecule has 144 valence electrons. The van der Waals surface area contributed by atoms with Gasteiger partial charge in [-0.2, -0.15) is 5.26 Å². The molecule has 0 fully saturated rings. The summed E-state index contributed by atoms with van der Waals surface area (Å²) in [6.45, 7) is 6.89. The summed E-state index contributed by atoms with van der Waals surface area (Å²) in [7, 11) is 2.07. The van der Waals surface area contributed by atoms with Crippen LogP contribution in [-0.2, 0) is 12.0 Å². The van der Waals surface area contributed by atoms with E-state index < -0.39 is 17.0 Å². The summed E-state index contributed by atoms with van der Waals surface area (Å²) in [6.07, 6.45) is 1.38. The van der Waals surface area contributed by atoms with Gasteiger partial charge in [0.05, 0.1) is 11.5 Å². The zero-order valence-electron chi connectivity index (χ0n) is 16.5. The van der Waals surface area contributed by atoms with E-state index in [-0.39, 0.29) is 12.0 Å². The molecule has 0 saturated carbocycles. The number of nitriles is 1. The average molecular weight is 370 g/mol. The van der Waals surface area contributed by atoms with Crippen molar-refractivity contribution in [3.63, 3.8) is 0 Å². The van der Waals surface area contributed by atoms with Gasteiger partial charge in [0.25, 0.3) is 0 Å². The fourth-order valence-corrected chi connectivity index (χ4v) is 3.47. The molecule has 2 atom stereocenters. The molecule has 0 spiro atoms. The number of hydrogen-bond acceptors (Lipinski definition) is 2. The Hall–Kier alpha value is -2.25. The first kappa shape index (κ1) is 21.1. The molecule has 2 aromatic rings. The van der Waals surface area contributed by atoms with E-state index in [4.69, 9.17) is 0 Å². The lowest BCUT2D eigenvalue weighted by atomic mass is 9.69. The maximum Gasteiger partial charge on any atom is 0.159 e. The topological polar surface area (TPSA) is 27.0 Å². The quantitative estimate of drug-likeness (QED) is 0.597. The molecular formula is C23H28F2N2. The van der Waals surface area contributed by atoms with E-state index in [0.717, 1.165) is 19.0 Å². The molecule has 0 bridgehead atoms. The van der Waals surface area contributed by atoms with Crippen LogP contribution in [0.4, 0.5) is 8.78 Å². The molecule has 0 aliphatic heterocycles. The van der Waals surface area contributed by atoms with Crippen LogP contribution in [0.1, 0.15) is 44.7 Å². The van der Waals surface area contributed by atoms with Crippen LogP contribution in [0, 0.1) is 28.9 Å². The Balaban J connectivity index is 2.14. The van der Waals surface area contributed by atoms with Crippen molar-refractivity contribution in [1.82, 2.24) is 4.90 Å². The Kier molecular flexibility index (Phi) is 7.10. The molecule has 2 nitrogen and oxygen atoms in total. The summed E-state index contributed by atoms with van der Waals surface area (Å²) >= 11 is 0. The Labute approximate surface area is 161 Å². The second-order valence-corrected chi connectivity index (χ2v) is 7.66. The van der Waals surface area contributed by atoms with Gasteiger partial charge in [-0.3, -0.25) is 4.90 Å². The molecule has 0 amide bonds. The smallest absolute Gasteiger partial charge is 0.159 e. The standard InChI is InChI=1S/C23H28F2N2/c1-17(2)23(16-26,20-10-11-21(24)22(25)14-20)13-12-18(3)27(4)15-19-8-6-5-7-9-19/h5-11,14,17-18H,12-13,15H2,1-4H3. The van der Waals surface area contributed by atoms with Crippen LogP contribution in [0.15, 0.2) is 48.5 Å². The van der Waals surface area contributed by atoms with Crippen molar-refractivity contribution in [3.05, 3.63) is 71.3 Å². The van der Waals surface area contributed by atoms with Crippen molar-refractivity contribution in [2.24, 2.45) is 5.92 Å². The van der Waals surface area contributed by atoms with Crippen LogP contribution in [0.3, 0.4) is 0 Å². The maximum atomic E-state index is 13.8. The third-order valence-electron chi connectivity index (χ3n) is 5.60. The van der Waals surface area contributed by atoms with Gasteiger partial charge >= 0.3 is 0 Å². The SMILES string of the molecule is CC(CCC(C#N)(c1ccc(F)c(F)c1)C(C)C)N(C)Cc1ccccc1. The molecule has 0 aliphatic carbocycles. The van der Waals surface area contributed by atoms with Crippen LogP contribution in [0.5, 0.6) is 0 Å². The zero-order chi connectivity index (χ0) is 20.0. The monoisotopic (exact) mass is 370 g/mol. The van der Waals surface area contributed by atoms with E-state index in [1.165, 1.54) is 11.6 Å². The highest BCUT2D eigenvalue weighted by Crippen LogP contribution is 2.38. The third kappa shape index (κ3) is 4.93. The van der Waals surface area contributed by atoms with Gasteiger partial charge in [-0.25, -0.2) is 8.78 Å². The van der Waals surface area contributed by atoms with Crippen LogP contribution >= 0.6 is 0 Å². The number of rotatable bonds is 8. The van der Waals surface area contributed by atoms with Gasteiger partial charge < -0.3 is 0 Å². The van der Waals surface area contributed by atoms with Crippen LogP contribution in [-0.4, -0.2) is 18.0 Å². The van der Waals surface area contributed by atoms with E-state index >= 15 is 0 Å². The lowest BCUT2D eigenvalue weighted by Crippen LogP contribution is -2.35. The summed E-state index contributed by atoms with van der Waals surface area (Å²) in [4.78, 5) is 2.25. The van der Waals surface area contributed by atoms with Crippen molar-refractivity contribution < 1.29 is 8.78 Å². The van der Waals surface area contributed by atoms with Crippen LogP contribution in [0.2, 0.25) is 0 Å². The fraction of sp³-hybridized carbons (Fsp3) is 0.435. The Morgan fingerprint density at radius 1 is 1.04 bits per heavy atom. The summed E-state index contributed by atoms with van der Waals surface area (Å²) in [5.41, 5.74) is 0.954. The molecule has 0 radical (unpaired) electrons. The van der Waals surface area contributed by atoms with Crippen LogP contribution < -0.4 is 0 Å². The minimum absolute atomic E-state index is 0.0148. The van der Waals surface area contributed by atoms with Gasteiger partial charge in [0.2, 0.25) is 0 Å². The first-order valence-electron chi connectivity index (χ1n) is 9.41. The largest absolute Gasteiger partial charge is 0.299 e. The molecule has 27 heavy (non-hydrogen) atoms. The summed E-state index contributed by atoms with van der Waals surface area (Å²) in [6, 6.07) is 16.7. The van der Waals surface area contributed by atoms with Crippen molar-refractivity contribution in [2.45, 2.75) is 51.6 Å². The van der Waals surface area contributed by atoms with Crippen molar-refractivity contribution in [2.75, 3.05) is 7.05 Å². The molecule has 0 aliphatic rings. The minimum Gasteiger partial charge on any atom is -0.299 e. The number of hydrogen-bond donors (Lipinski definition) is 0. The third-order valence-corrected chi connectivity index (χ3v) is 5.60. The second-order valence-electron chi connectivity index (χ2n) is 7.66. The molecule has 2 rings (SSSR count). The molecule has 0 aromatic heterocycles. The van der Waals surface area contributed by atoms with Gasteiger partial charge in [0.15, 0.2) is 11.6 Å². The van der Waals surface area contributed by atoms with Gasteiger partial charge in [-0.05, 0) is 56.0 Å². The van der Waals surface area contributed by atoms with Gasteiger partial charge in [0.1, 0.15) is 0 Å². The first-order chi connectivity index (χ1) is 12.8. The Morgan fingerprint density at radius 3 is 2.26 bits per heavy atom. The maximum absolute atomic E-state index is 13.8. The molecule has 2 aromatic carbocycles. The van der Waals surface area contributed by atoms with Crippen molar-refractivity contribution >= 4 is 0 Å². The Morgan fingerprint density at radius 2 is 1.70 bits per heavy atom. The lowest BCUT2D eigenvalue weighted by molar-refractivity contribution is 0.216. The highest BCUT2D eigenvalue weighted by Gasteiger charge is 2.37. The molecule has 0 heterocycles. The fourth-order valence-electron chi connectivity index (χ4n) is 3.47. The Bertz CT molecular complexity index is 783. The normalized spacial score (nSPS) is 14.8. The first-order valence-corrected chi connectivity index (χ1v) is 9.41. The molecule has 0 saturated heterocycles. The van der Waals surface area contributed by atoms with Crippen LogP contribution in [0.25, 0.3) is 0 Å².